The zero-order valence-electron chi connectivity index (χ0n) is 18.3. The SMILES string of the molecule is Cc1ccc(-c2noc(-c3oc4ccc(S(=O)(=O)Nc5cccc(C)c5)cc4c3C)n2)cc1. The number of sulfonamides is 1. The lowest BCUT2D eigenvalue weighted by Crippen LogP contribution is -2.12. The first-order valence-electron chi connectivity index (χ1n) is 10.3. The molecule has 0 saturated heterocycles. The molecule has 33 heavy (non-hydrogen) atoms. The predicted octanol–water partition coefficient (Wildman–Crippen LogP) is 5.88. The van der Waals surface area contributed by atoms with Gasteiger partial charge in [-0.1, -0.05) is 47.1 Å². The van der Waals surface area contributed by atoms with Gasteiger partial charge in [-0.2, -0.15) is 4.98 Å². The third-order valence-corrected chi connectivity index (χ3v) is 6.80. The Morgan fingerprint density at radius 2 is 1.67 bits per heavy atom. The number of aryl methyl sites for hydroxylation is 3. The topological polar surface area (TPSA) is 98.2 Å². The van der Waals surface area contributed by atoms with Crippen LogP contribution in [-0.2, 0) is 10.0 Å². The highest BCUT2D eigenvalue weighted by molar-refractivity contribution is 7.92. The number of anilines is 1. The highest BCUT2D eigenvalue weighted by Gasteiger charge is 2.22. The number of fused-ring (bicyclic) bond motifs is 1. The van der Waals surface area contributed by atoms with Crippen molar-refractivity contribution in [2.24, 2.45) is 0 Å². The monoisotopic (exact) mass is 459 g/mol. The van der Waals surface area contributed by atoms with Crippen LogP contribution < -0.4 is 4.72 Å². The third kappa shape index (κ3) is 4.01. The van der Waals surface area contributed by atoms with E-state index in [0.29, 0.717) is 28.2 Å². The quantitative estimate of drug-likeness (QED) is 0.353. The zero-order chi connectivity index (χ0) is 23.2. The number of furan rings is 1. The Kier molecular flexibility index (Phi) is 5.02. The van der Waals surface area contributed by atoms with E-state index in [9.17, 15) is 8.42 Å². The van der Waals surface area contributed by atoms with Crippen molar-refractivity contribution in [2.45, 2.75) is 25.7 Å². The van der Waals surface area contributed by atoms with Gasteiger partial charge < -0.3 is 8.94 Å². The molecule has 0 amide bonds. The summed E-state index contributed by atoms with van der Waals surface area (Å²) in [5.74, 6) is 1.11. The third-order valence-electron chi connectivity index (χ3n) is 5.42. The van der Waals surface area contributed by atoms with E-state index in [-0.39, 0.29) is 10.8 Å². The van der Waals surface area contributed by atoms with Crippen LogP contribution in [0.25, 0.3) is 34.0 Å². The maximum absolute atomic E-state index is 12.9. The first-order valence-corrected chi connectivity index (χ1v) is 11.8. The van der Waals surface area contributed by atoms with Gasteiger partial charge in [0.1, 0.15) is 5.58 Å². The fourth-order valence-corrected chi connectivity index (χ4v) is 4.70. The Balaban J connectivity index is 1.50. The van der Waals surface area contributed by atoms with Gasteiger partial charge in [0, 0.05) is 22.2 Å². The smallest absolute Gasteiger partial charge is 0.294 e. The summed E-state index contributed by atoms with van der Waals surface area (Å²) in [6.07, 6.45) is 0. The maximum atomic E-state index is 12.9. The van der Waals surface area contributed by atoms with Crippen molar-refractivity contribution in [1.82, 2.24) is 10.1 Å². The molecule has 0 spiro atoms. The second kappa shape index (κ2) is 7.90. The molecule has 0 fully saturated rings. The Hall–Kier alpha value is -3.91. The molecular weight excluding hydrogens is 438 g/mol. The molecule has 7 nitrogen and oxygen atoms in total. The molecule has 0 aliphatic rings. The first-order chi connectivity index (χ1) is 15.8. The van der Waals surface area contributed by atoms with Crippen molar-refractivity contribution in [3.8, 4) is 23.0 Å². The predicted molar refractivity (Wildman–Crippen MR) is 126 cm³/mol. The van der Waals surface area contributed by atoms with Crippen molar-refractivity contribution in [3.63, 3.8) is 0 Å². The van der Waals surface area contributed by atoms with E-state index in [0.717, 1.165) is 22.3 Å². The molecule has 3 aromatic carbocycles. The number of aromatic nitrogens is 2. The highest BCUT2D eigenvalue weighted by atomic mass is 32.2. The minimum absolute atomic E-state index is 0.137. The van der Waals surface area contributed by atoms with Crippen molar-refractivity contribution in [2.75, 3.05) is 4.72 Å². The molecule has 166 valence electrons. The molecule has 0 bridgehead atoms. The normalized spacial score (nSPS) is 11.7. The summed E-state index contributed by atoms with van der Waals surface area (Å²) < 4.78 is 39.9. The molecule has 2 aromatic heterocycles. The van der Waals surface area contributed by atoms with Gasteiger partial charge in [-0.25, -0.2) is 8.42 Å². The summed E-state index contributed by atoms with van der Waals surface area (Å²) in [4.78, 5) is 4.61. The second-order valence-corrected chi connectivity index (χ2v) is 9.66. The lowest BCUT2D eigenvalue weighted by Gasteiger charge is -2.08. The van der Waals surface area contributed by atoms with Gasteiger partial charge in [-0.05, 0) is 56.7 Å². The van der Waals surface area contributed by atoms with E-state index in [4.69, 9.17) is 8.94 Å². The van der Waals surface area contributed by atoms with Crippen LogP contribution in [0.3, 0.4) is 0 Å². The zero-order valence-corrected chi connectivity index (χ0v) is 19.1. The van der Waals surface area contributed by atoms with Gasteiger partial charge in [0.15, 0.2) is 5.76 Å². The molecular formula is C25H21N3O4S. The molecule has 0 saturated carbocycles. The standard InChI is InChI=1S/C25H21N3O4S/c1-15-7-9-18(10-8-15)24-26-25(32-27-24)23-17(3)21-14-20(11-12-22(21)31-23)33(29,30)28-19-6-4-5-16(2)13-19/h4-14,28H,1-3H3. The highest BCUT2D eigenvalue weighted by Crippen LogP contribution is 2.34. The molecule has 0 unspecified atom stereocenters. The number of hydrogen-bond donors (Lipinski definition) is 1. The van der Waals surface area contributed by atoms with E-state index in [1.54, 1.807) is 30.3 Å². The van der Waals surface area contributed by atoms with Crippen LogP contribution in [0.5, 0.6) is 0 Å². The van der Waals surface area contributed by atoms with Gasteiger partial charge in [-0.3, -0.25) is 4.72 Å². The molecule has 0 atom stereocenters. The second-order valence-electron chi connectivity index (χ2n) is 7.98. The first kappa shape index (κ1) is 21.0. The van der Waals surface area contributed by atoms with Crippen LogP contribution >= 0.6 is 0 Å². The minimum atomic E-state index is -3.77. The average molecular weight is 460 g/mol. The van der Waals surface area contributed by atoms with Crippen LogP contribution in [0, 0.1) is 20.8 Å². The van der Waals surface area contributed by atoms with Crippen molar-refractivity contribution >= 4 is 26.7 Å². The minimum Gasteiger partial charge on any atom is -0.451 e. The number of hydrogen-bond acceptors (Lipinski definition) is 6. The maximum Gasteiger partial charge on any atom is 0.294 e. The van der Waals surface area contributed by atoms with Crippen molar-refractivity contribution in [3.05, 3.63) is 83.4 Å². The summed E-state index contributed by atoms with van der Waals surface area (Å²) in [7, 11) is -3.77. The van der Waals surface area contributed by atoms with Gasteiger partial charge in [0.25, 0.3) is 15.9 Å². The van der Waals surface area contributed by atoms with Gasteiger partial charge in [0.05, 0.1) is 4.90 Å². The molecule has 1 N–H and O–H groups in total. The molecule has 8 heteroatoms. The van der Waals surface area contributed by atoms with Gasteiger partial charge >= 0.3 is 0 Å². The molecule has 0 aliphatic heterocycles. The Morgan fingerprint density at radius 1 is 0.879 bits per heavy atom. The van der Waals surface area contributed by atoms with E-state index < -0.39 is 10.0 Å². The molecule has 5 aromatic rings. The number of rotatable bonds is 5. The van der Waals surface area contributed by atoms with E-state index in [2.05, 4.69) is 14.9 Å². The van der Waals surface area contributed by atoms with Crippen LogP contribution in [-0.4, -0.2) is 18.6 Å². The average Bonchev–Trinajstić information content (AvgIpc) is 3.39. The van der Waals surface area contributed by atoms with Crippen LogP contribution in [0.2, 0.25) is 0 Å². The number of benzene rings is 3. The summed E-state index contributed by atoms with van der Waals surface area (Å²) in [5.41, 5.74) is 4.70. The van der Waals surface area contributed by atoms with E-state index in [1.807, 2.05) is 51.1 Å². The Bertz CT molecular complexity index is 1580. The molecule has 2 heterocycles. The van der Waals surface area contributed by atoms with Crippen LogP contribution in [0.4, 0.5) is 5.69 Å². The summed E-state index contributed by atoms with van der Waals surface area (Å²) >= 11 is 0. The molecule has 5 rings (SSSR count). The van der Waals surface area contributed by atoms with Crippen LogP contribution in [0.1, 0.15) is 16.7 Å². The summed E-state index contributed by atoms with van der Waals surface area (Å²) in [6.45, 7) is 5.75. The van der Waals surface area contributed by atoms with E-state index in [1.165, 1.54) is 6.07 Å². The lowest BCUT2D eigenvalue weighted by molar-refractivity contribution is 0.419. The van der Waals surface area contributed by atoms with Crippen molar-refractivity contribution in [1.29, 1.82) is 0 Å². The van der Waals surface area contributed by atoms with E-state index >= 15 is 0 Å². The summed E-state index contributed by atoms with van der Waals surface area (Å²) in [6, 6.07) is 19.7. The summed E-state index contributed by atoms with van der Waals surface area (Å²) in [5, 5.41) is 4.72. The molecule has 0 aliphatic carbocycles. The number of nitrogens with zero attached hydrogens (tertiary/aromatic N) is 2. The fraction of sp³-hybridized carbons (Fsp3) is 0.120. The number of nitrogens with one attached hydrogen (secondary N) is 1. The largest absolute Gasteiger partial charge is 0.451 e. The van der Waals surface area contributed by atoms with Gasteiger partial charge in [0.2, 0.25) is 5.82 Å². The Morgan fingerprint density at radius 3 is 2.42 bits per heavy atom. The lowest BCUT2D eigenvalue weighted by atomic mass is 10.1. The van der Waals surface area contributed by atoms with Crippen molar-refractivity contribution < 1.29 is 17.4 Å². The van der Waals surface area contributed by atoms with Gasteiger partial charge in [-0.15, -0.1) is 0 Å². The fourth-order valence-electron chi connectivity index (χ4n) is 3.63. The Labute approximate surface area is 191 Å². The van der Waals surface area contributed by atoms with Crippen LogP contribution in [0.15, 0.2) is 80.6 Å². The molecule has 0 radical (unpaired) electrons.